The number of hydrogen-bond donors (Lipinski definition) is 0. The van der Waals surface area contributed by atoms with E-state index in [1.54, 1.807) is 0 Å². The zero-order valence-electron chi connectivity index (χ0n) is 9.29. The summed E-state index contributed by atoms with van der Waals surface area (Å²) in [5.74, 6) is 1.05. The average Bonchev–Trinajstić information content (AvgIpc) is 2.49. The van der Waals surface area contributed by atoms with Crippen LogP contribution in [0.3, 0.4) is 0 Å². The maximum atomic E-state index is 11.6. The van der Waals surface area contributed by atoms with Gasteiger partial charge in [-0.1, -0.05) is 15.9 Å². The molecule has 2 fully saturated rings. The first-order chi connectivity index (χ1) is 7.15. The SMILES string of the molecule is CN1CCC(CN2CC(Br)CC2=O)CC1. The first-order valence-corrected chi connectivity index (χ1v) is 6.67. The van der Waals surface area contributed by atoms with E-state index in [2.05, 4.69) is 27.9 Å². The lowest BCUT2D eigenvalue weighted by molar-refractivity contribution is -0.128. The van der Waals surface area contributed by atoms with Crippen molar-refractivity contribution in [1.82, 2.24) is 9.80 Å². The molecule has 2 heterocycles. The van der Waals surface area contributed by atoms with E-state index in [0.717, 1.165) is 19.0 Å². The quantitative estimate of drug-likeness (QED) is 0.710. The van der Waals surface area contributed by atoms with Gasteiger partial charge in [0.1, 0.15) is 0 Å². The number of carbonyl (C=O) groups excluding carboxylic acids is 1. The second-order valence-electron chi connectivity index (χ2n) is 4.85. The average molecular weight is 275 g/mol. The lowest BCUT2D eigenvalue weighted by Gasteiger charge is -2.31. The zero-order chi connectivity index (χ0) is 10.8. The second-order valence-corrected chi connectivity index (χ2v) is 6.14. The molecule has 1 atom stereocenters. The Bertz CT molecular complexity index is 239. The highest BCUT2D eigenvalue weighted by Crippen LogP contribution is 2.23. The molecule has 1 unspecified atom stereocenters. The Labute approximate surface area is 99.9 Å². The van der Waals surface area contributed by atoms with Crippen LogP contribution in [0, 0.1) is 5.92 Å². The van der Waals surface area contributed by atoms with Crippen LogP contribution in [0.2, 0.25) is 0 Å². The molecule has 2 saturated heterocycles. The summed E-state index contributed by atoms with van der Waals surface area (Å²) in [4.78, 5) is 16.4. The molecule has 0 aromatic carbocycles. The number of hydrogen-bond acceptors (Lipinski definition) is 2. The van der Waals surface area contributed by atoms with Crippen LogP contribution >= 0.6 is 15.9 Å². The minimum absolute atomic E-state index is 0.329. The van der Waals surface area contributed by atoms with E-state index in [-0.39, 0.29) is 0 Å². The minimum Gasteiger partial charge on any atom is -0.341 e. The number of likely N-dealkylation sites (tertiary alicyclic amines) is 2. The van der Waals surface area contributed by atoms with Gasteiger partial charge in [0, 0.05) is 24.3 Å². The molecule has 0 aliphatic carbocycles. The summed E-state index contributed by atoms with van der Waals surface area (Å²) in [5, 5.41) is 0. The first kappa shape index (κ1) is 11.4. The monoisotopic (exact) mass is 274 g/mol. The number of carbonyl (C=O) groups is 1. The standard InChI is InChI=1S/C11H19BrN2O/c1-13-4-2-9(3-5-13)7-14-8-10(12)6-11(14)15/h9-10H,2-8H2,1H3. The predicted molar refractivity (Wildman–Crippen MR) is 64.1 cm³/mol. The Kier molecular flexibility index (Phi) is 3.67. The van der Waals surface area contributed by atoms with Crippen molar-refractivity contribution >= 4 is 21.8 Å². The Morgan fingerprint density at radius 1 is 1.40 bits per heavy atom. The summed E-state index contributed by atoms with van der Waals surface area (Å²) in [5.41, 5.74) is 0. The predicted octanol–water partition coefficient (Wildman–Crippen LogP) is 1.32. The highest BCUT2D eigenvalue weighted by atomic mass is 79.9. The summed E-state index contributed by atoms with van der Waals surface area (Å²) in [6, 6.07) is 0. The molecule has 1 amide bonds. The van der Waals surface area contributed by atoms with Crippen molar-refractivity contribution in [2.75, 3.05) is 33.2 Å². The van der Waals surface area contributed by atoms with Crippen molar-refractivity contribution in [3.8, 4) is 0 Å². The maximum absolute atomic E-state index is 11.6. The third-order valence-corrected chi connectivity index (χ3v) is 4.10. The van der Waals surface area contributed by atoms with Crippen molar-refractivity contribution in [2.24, 2.45) is 5.92 Å². The van der Waals surface area contributed by atoms with Gasteiger partial charge in [-0.2, -0.15) is 0 Å². The van der Waals surface area contributed by atoms with Gasteiger partial charge in [-0.15, -0.1) is 0 Å². The Morgan fingerprint density at radius 3 is 2.60 bits per heavy atom. The molecule has 0 aromatic heterocycles. The summed E-state index contributed by atoms with van der Waals surface area (Å²) in [7, 11) is 2.17. The Hall–Kier alpha value is -0.0900. The molecule has 0 spiro atoms. The zero-order valence-corrected chi connectivity index (χ0v) is 10.9. The maximum Gasteiger partial charge on any atom is 0.223 e. The summed E-state index contributed by atoms with van der Waals surface area (Å²) in [6.07, 6.45) is 3.17. The third kappa shape index (κ3) is 2.94. The van der Waals surface area contributed by atoms with Crippen LogP contribution in [0.25, 0.3) is 0 Å². The van der Waals surface area contributed by atoms with Crippen LogP contribution in [0.15, 0.2) is 0 Å². The fraction of sp³-hybridized carbons (Fsp3) is 0.909. The van der Waals surface area contributed by atoms with E-state index in [1.807, 2.05) is 4.90 Å². The highest BCUT2D eigenvalue weighted by molar-refractivity contribution is 9.09. The van der Waals surface area contributed by atoms with E-state index >= 15 is 0 Å². The molecule has 0 radical (unpaired) electrons. The van der Waals surface area contributed by atoms with Crippen LogP contribution < -0.4 is 0 Å². The summed E-state index contributed by atoms with van der Waals surface area (Å²) >= 11 is 3.52. The molecule has 4 heteroatoms. The molecule has 86 valence electrons. The van der Waals surface area contributed by atoms with Gasteiger partial charge in [-0.25, -0.2) is 0 Å². The Balaban J connectivity index is 1.79. The molecule has 15 heavy (non-hydrogen) atoms. The lowest BCUT2D eigenvalue weighted by Crippen LogP contribution is -2.37. The van der Waals surface area contributed by atoms with Crippen LogP contribution in [0.1, 0.15) is 19.3 Å². The third-order valence-electron chi connectivity index (χ3n) is 3.48. The summed E-state index contributed by atoms with van der Waals surface area (Å²) in [6.45, 7) is 4.26. The van der Waals surface area contributed by atoms with Crippen molar-refractivity contribution in [3.05, 3.63) is 0 Å². The molecular formula is C11H19BrN2O. The molecular weight excluding hydrogens is 256 g/mol. The van der Waals surface area contributed by atoms with Crippen molar-refractivity contribution in [3.63, 3.8) is 0 Å². The van der Waals surface area contributed by atoms with Gasteiger partial charge in [-0.05, 0) is 38.9 Å². The molecule has 0 N–H and O–H groups in total. The van der Waals surface area contributed by atoms with Gasteiger partial charge < -0.3 is 9.80 Å². The number of rotatable bonds is 2. The largest absolute Gasteiger partial charge is 0.341 e. The molecule has 2 aliphatic heterocycles. The van der Waals surface area contributed by atoms with Crippen molar-refractivity contribution in [1.29, 1.82) is 0 Å². The van der Waals surface area contributed by atoms with Crippen LogP contribution in [-0.4, -0.2) is 53.8 Å². The van der Waals surface area contributed by atoms with Crippen LogP contribution in [0.4, 0.5) is 0 Å². The number of alkyl halides is 1. The van der Waals surface area contributed by atoms with Crippen LogP contribution in [0.5, 0.6) is 0 Å². The highest BCUT2D eigenvalue weighted by Gasteiger charge is 2.30. The van der Waals surface area contributed by atoms with Gasteiger partial charge in [0.15, 0.2) is 0 Å². The van der Waals surface area contributed by atoms with Gasteiger partial charge in [0.2, 0.25) is 5.91 Å². The Morgan fingerprint density at radius 2 is 2.07 bits per heavy atom. The van der Waals surface area contributed by atoms with Crippen LogP contribution in [-0.2, 0) is 4.79 Å². The first-order valence-electron chi connectivity index (χ1n) is 5.75. The molecule has 0 bridgehead atoms. The number of halogens is 1. The van der Waals surface area contributed by atoms with Crippen molar-refractivity contribution < 1.29 is 4.79 Å². The molecule has 0 aromatic rings. The van der Waals surface area contributed by atoms with Crippen molar-refractivity contribution in [2.45, 2.75) is 24.1 Å². The number of piperidine rings is 1. The van der Waals surface area contributed by atoms with E-state index < -0.39 is 0 Å². The van der Waals surface area contributed by atoms with E-state index in [9.17, 15) is 4.79 Å². The fourth-order valence-corrected chi connectivity index (χ4v) is 3.08. The van der Waals surface area contributed by atoms with E-state index in [1.165, 1.54) is 25.9 Å². The molecule has 2 rings (SSSR count). The number of amides is 1. The van der Waals surface area contributed by atoms with Gasteiger partial charge in [-0.3, -0.25) is 4.79 Å². The topological polar surface area (TPSA) is 23.6 Å². The van der Waals surface area contributed by atoms with E-state index in [0.29, 0.717) is 17.2 Å². The molecule has 0 saturated carbocycles. The lowest BCUT2D eigenvalue weighted by atomic mass is 9.97. The second kappa shape index (κ2) is 4.83. The normalized spacial score (nSPS) is 30.1. The molecule has 2 aliphatic rings. The fourth-order valence-electron chi connectivity index (χ4n) is 2.46. The molecule has 3 nitrogen and oxygen atoms in total. The number of nitrogens with zero attached hydrogens (tertiary/aromatic N) is 2. The van der Waals surface area contributed by atoms with Gasteiger partial charge >= 0.3 is 0 Å². The van der Waals surface area contributed by atoms with Gasteiger partial charge in [0.25, 0.3) is 0 Å². The van der Waals surface area contributed by atoms with Gasteiger partial charge in [0.05, 0.1) is 0 Å². The van der Waals surface area contributed by atoms with E-state index in [4.69, 9.17) is 0 Å². The minimum atomic E-state index is 0.329. The summed E-state index contributed by atoms with van der Waals surface area (Å²) < 4.78 is 0. The smallest absolute Gasteiger partial charge is 0.223 e.